The number of rotatable bonds is 5. The van der Waals surface area contributed by atoms with Crippen LogP contribution in [0.2, 0.25) is 0 Å². The van der Waals surface area contributed by atoms with Gasteiger partial charge >= 0.3 is 0 Å². The van der Waals surface area contributed by atoms with Crippen LogP contribution in [0, 0.1) is 5.92 Å². The summed E-state index contributed by atoms with van der Waals surface area (Å²) in [6.45, 7) is 2.27. The summed E-state index contributed by atoms with van der Waals surface area (Å²) in [7, 11) is 0. The van der Waals surface area contributed by atoms with Gasteiger partial charge in [0.25, 0.3) is 5.91 Å². The normalized spacial score (nSPS) is 23.9. The van der Waals surface area contributed by atoms with E-state index in [1.807, 2.05) is 12.1 Å². The van der Waals surface area contributed by atoms with Crippen molar-refractivity contribution in [3.05, 3.63) is 41.5 Å². The monoisotopic (exact) mass is 326 g/mol. The van der Waals surface area contributed by atoms with E-state index in [0.717, 1.165) is 37.2 Å². The molecule has 4 heteroatoms. The van der Waals surface area contributed by atoms with E-state index in [1.54, 1.807) is 24.3 Å². The molecule has 0 bridgehead atoms. The van der Waals surface area contributed by atoms with Gasteiger partial charge in [0.05, 0.1) is 0 Å². The van der Waals surface area contributed by atoms with Crippen molar-refractivity contribution in [1.82, 2.24) is 10.6 Å². The quantitative estimate of drug-likeness (QED) is 0.816. The van der Waals surface area contributed by atoms with Gasteiger partial charge in [0.2, 0.25) is 5.91 Å². The van der Waals surface area contributed by atoms with Gasteiger partial charge < -0.3 is 10.6 Å². The van der Waals surface area contributed by atoms with E-state index in [9.17, 15) is 9.59 Å². The van der Waals surface area contributed by atoms with Crippen LogP contribution in [0.4, 0.5) is 0 Å². The number of hydrogen-bond acceptors (Lipinski definition) is 2. The SMILES string of the molecule is CC1CCC(NC(=O)C=Cc2ccc(C(=O)NC3CC3)cc2)CC1. The summed E-state index contributed by atoms with van der Waals surface area (Å²) in [5, 5.41) is 6.05. The number of carbonyl (C=O) groups is 2. The zero-order chi connectivity index (χ0) is 16.9. The molecular formula is C20H26N2O2. The number of carbonyl (C=O) groups excluding carboxylic acids is 2. The molecular weight excluding hydrogens is 300 g/mol. The highest BCUT2D eigenvalue weighted by atomic mass is 16.2. The molecule has 0 radical (unpaired) electrons. The fourth-order valence-electron chi connectivity index (χ4n) is 3.07. The van der Waals surface area contributed by atoms with Crippen LogP contribution in [-0.4, -0.2) is 23.9 Å². The van der Waals surface area contributed by atoms with Crippen LogP contribution in [-0.2, 0) is 4.79 Å². The minimum Gasteiger partial charge on any atom is -0.350 e. The fraction of sp³-hybridized carbons (Fsp3) is 0.500. The summed E-state index contributed by atoms with van der Waals surface area (Å²) in [4.78, 5) is 23.9. The van der Waals surface area contributed by atoms with Crippen LogP contribution in [0.1, 0.15) is 61.4 Å². The molecule has 1 aromatic rings. The number of hydrogen-bond donors (Lipinski definition) is 2. The highest BCUT2D eigenvalue weighted by molar-refractivity contribution is 5.95. The van der Waals surface area contributed by atoms with E-state index in [0.29, 0.717) is 17.6 Å². The lowest BCUT2D eigenvalue weighted by atomic mass is 9.87. The van der Waals surface area contributed by atoms with E-state index in [4.69, 9.17) is 0 Å². The Morgan fingerprint density at radius 2 is 1.50 bits per heavy atom. The van der Waals surface area contributed by atoms with Gasteiger partial charge in [0.1, 0.15) is 0 Å². The van der Waals surface area contributed by atoms with Gasteiger partial charge in [-0.05, 0) is 68.2 Å². The van der Waals surface area contributed by atoms with Gasteiger partial charge in [0.15, 0.2) is 0 Å². The summed E-state index contributed by atoms with van der Waals surface area (Å²) in [6.07, 6.45) is 10.1. The molecule has 4 nitrogen and oxygen atoms in total. The lowest BCUT2D eigenvalue weighted by Crippen LogP contribution is -2.36. The highest BCUT2D eigenvalue weighted by Gasteiger charge is 2.23. The second-order valence-electron chi connectivity index (χ2n) is 7.17. The molecule has 128 valence electrons. The molecule has 0 aliphatic heterocycles. The lowest BCUT2D eigenvalue weighted by Gasteiger charge is -2.26. The topological polar surface area (TPSA) is 58.2 Å². The Labute approximate surface area is 143 Å². The molecule has 0 spiro atoms. The minimum absolute atomic E-state index is 0.0164. The zero-order valence-corrected chi connectivity index (χ0v) is 14.3. The van der Waals surface area contributed by atoms with Gasteiger partial charge in [0, 0.05) is 23.7 Å². The number of nitrogens with one attached hydrogen (secondary N) is 2. The average Bonchev–Trinajstić information content (AvgIpc) is 3.39. The van der Waals surface area contributed by atoms with E-state index >= 15 is 0 Å². The minimum atomic E-state index is -0.0369. The van der Waals surface area contributed by atoms with Crippen LogP contribution in [0.15, 0.2) is 30.3 Å². The maximum atomic E-state index is 12.0. The Kier molecular flexibility index (Phi) is 5.34. The smallest absolute Gasteiger partial charge is 0.251 e. The number of amides is 2. The second-order valence-corrected chi connectivity index (χ2v) is 7.17. The van der Waals surface area contributed by atoms with Crippen molar-refractivity contribution in [3.63, 3.8) is 0 Å². The summed E-state index contributed by atoms with van der Waals surface area (Å²) >= 11 is 0. The molecule has 2 N–H and O–H groups in total. The van der Waals surface area contributed by atoms with Crippen molar-refractivity contribution in [3.8, 4) is 0 Å². The van der Waals surface area contributed by atoms with E-state index in [1.165, 1.54) is 12.8 Å². The molecule has 2 fully saturated rings. The maximum Gasteiger partial charge on any atom is 0.251 e. The molecule has 2 saturated carbocycles. The van der Waals surface area contributed by atoms with Crippen molar-refractivity contribution >= 4 is 17.9 Å². The first-order valence-corrected chi connectivity index (χ1v) is 8.99. The molecule has 2 aliphatic carbocycles. The molecule has 0 aromatic heterocycles. The standard InChI is InChI=1S/C20H26N2O2/c1-14-2-9-17(10-3-14)21-19(23)13-6-15-4-7-16(8-5-15)20(24)22-18-11-12-18/h4-8,13-14,17-18H,2-3,9-12H2,1H3,(H,21,23)(H,22,24). The van der Waals surface area contributed by atoms with Crippen molar-refractivity contribution in [2.45, 2.75) is 57.5 Å². The van der Waals surface area contributed by atoms with E-state index < -0.39 is 0 Å². The molecule has 3 rings (SSSR count). The van der Waals surface area contributed by atoms with Crippen LogP contribution >= 0.6 is 0 Å². The van der Waals surface area contributed by atoms with E-state index in [2.05, 4.69) is 17.6 Å². The summed E-state index contributed by atoms with van der Waals surface area (Å²) in [6, 6.07) is 8.02. The lowest BCUT2D eigenvalue weighted by molar-refractivity contribution is -0.117. The summed E-state index contributed by atoms with van der Waals surface area (Å²) < 4.78 is 0. The van der Waals surface area contributed by atoms with Gasteiger partial charge in [-0.15, -0.1) is 0 Å². The van der Waals surface area contributed by atoms with Crippen molar-refractivity contribution < 1.29 is 9.59 Å². The first-order valence-electron chi connectivity index (χ1n) is 8.99. The summed E-state index contributed by atoms with van der Waals surface area (Å²) in [5.41, 5.74) is 1.59. The highest BCUT2D eigenvalue weighted by Crippen LogP contribution is 2.23. The Morgan fingerprint density at radius 3 is 2.12 bits per heavy atom. The zero-order valence-electron chi connectivity index (χ0n) is 14.3. The predicted molar refractivity (Wildman–Crippen MR) is 95.5 cm³/mol. The van der Waals surface area contributed by atoms with Crippen LogP contribution in [0.25, 0.3) is 6.08 Å². The van der Waals surface area contributed by atoms with Gasteiger partial charge in [-0.1, -0.05) is 19.1 Å². The van der Waals surface area contributed by atoms with Crippen LogP contribution in [0.5, 0.6) is 0 Å². The second kappa shape index (κ2) is 7.65. The Hall–Kier alpha value is -2.10. The van der Waals surface area contributed by atoms with Gasteiger partial charge in [-0.2, -0.15) is 0 Å². The molecule has 0 heterocycles. The maximum absolute atomic E-state index is 12.0. The molecule has 0 unspecified atom stereocenters. The predicted octanol–water partition coefficient (Wildman–Crippen LogP) is 3.29. The summed E-state index contributed by atoms with van der Waals surface area (Å²) in [5.74, 6) is 0.728. The first kappa shape index (κ1) is 16.7. The molecule has 0 saturated heterocycles. The molecule has 0 atom stereocenters. The molecule has 2 aliphatic rings. The van der Waals surface area contributed by atoms with Crippen LogP contribution in [0.3, 0.4) is 0 Å². The molecule has 24 heavy (non-hydrogen) atoms. The largest absolute Gasteiger partial charge is 0.350 e. The van der Waals surface area contributed by atoms with Crippen molar-refractivity contribution in [1.29, 1.82) is 0 Å². The van der Waals surface area contributed by atoms with Gasteiger partial charge in [-0.25, -0.2) is 0 Å². The Balaban J connectivity index is 1.48. The first-order chi connectivity index (χ1) is 11.6. The third-order valence-electron chi connectivity index (χ3n) is 4.87. The third kappa shape index (κ3) is 4.95. The average molecular weight is 326 g/mol. The third-order valence-corrected chi connectivity index (χ3v) is 4.87. The van der Waals surface area contributed by atoms with E-state index in [-0.39, 0.29) is 11.8 Å². The Bertz CT molecular complexity index is 609. The van der Waals surface area contributed by atoms with Crippen LogP contribution < -0.4 is 10.6 Å². The van der Waals surface area contributed by atoms with Gasteiger partial charge in [-0.3, -0.25) is 9.59 Å². The number of benzene rings is 1. The Morgan fingerprint density at radius 1 is 0.917 bits per heavy atom. The molecule has 2 amide bonds. The fourth-order valence-corrected chi connectivity index (χ4v) is 3.07. The van der Waals surface area contributed by atoms with Crippen molar-refractivity contribution in [2.75, 3.05) is 0 Å². The molecule has 1 aromatic carbocycles. The van der Waals surface area contributed by atoms with Crippen molar-refractivity contribution in [2.24, 2.45) is 5.92 Å².